The number of hydrogen-bond acceptors (Lipinski definition) is 3. The maximum Gasteiger partial charge on any atom is 0.310 e. The highest BCUT2D eigenvalue weighted by Gasteiger charge is 2.28. The number of benzene rings is 1. The zero-order chi connectivity index (χ0) is 13.7. The Morgan fingerprint density at radius 3 is 2.74 bits per heavy atom. The number of carbonyl (C=O) groups is 2. The summed E-state index contributed by atoms with van der Waals surface area (Å²) in [6, 6.07) is 9.67. The zero-order valence-corrected chi connectivity index (χ0v) is 11.2. The molecule has 1 aliphatic rings. The fraction of sp³-hybridized carbons (Fsp3) is 0.467. The van der Waals surface area contributed by atoms with Gasteiger partial charge in [0.1, 0.15) is 0 Å². The van der Waals surface area contributed by atoms with Crippen LogP contribution in [0.15, 0.2) is 30.3 Å². The molecule has 1 fully saturated rings. The van der Waals surface area contributed by atoms with E-state index in [-0.39, 0.29) is 17.8 Å². The van der Waals surface area contributed by atoms with Crippen molar-refractivity contribution in [1.82, 2.24) is 4.90 Å². The van der Waals surface area contributed by atoms with Crippen molar-refractivity contribution in [2.75, 3.05) is 20.2 Å². The lowest BCUT2D eigenvalue weighted by Crippen LogP contribution is -2.43. The molecule has 4 heteroatoms. The first-order valence-electron chi connectivity index (χ1n) is 6.60. The van der Waals surface area contributed by atoms with Crippen LogP contribution in [0.1, 0.15) is 18.4 Å². The van der Waals surface area contributed by atoms with Gasteiger partial charge in [0.05, 0.1) is 19.4 Å². The molecule has 1 atom stereocenters. The SMILES string of the molecule is COC(=O)C1CCCN(C(=O)Cc2ccccc2)C1. The summed E-state index contributed by atoms with van der Waals surface area (Å²) in [5.41, 5.74) is 1.01. The topological polar surface area (TPSA) is 46.6 Å². The van der Waals surface area contributed by atoms with E-state index < -0.39 is 0 Å². The first-order valence-corrected chi connectivity index (χ1v) is 6.60. The van der Waals surface area contributed by atoms with Gasteiger partial charge >= 0.3 is 5.97 Å². The Morgan fingerprint density at radius 2 is 2.05 bits per heavy atom. The van der Waals surface area contributed by atoms with Gasteiger partial charge in [-0.15, -0.1) is 0 Å². The molecular formula is C15H19NO3. The van der Waals surface area contributed by atoms with Crippen LogP contribution in [-0.2, 0) is 20.7 Å². The average Bonchev–Trinajstić information content (AvgIpc) is 2.47. The molecule has 1 saturated heterocycles. The molecule has 1 aromatic carbocycles. The summed E-state index contributed by atoms with van der Waals surface area (Å²) in [6.07, 6.45) is 2.07. The lowest BCUT2D eigenvalue weighted by atomic mass is 9.97. The summed E-state index contributed by atoms with van der Waals surface area (Å²) < 4.78 is 4.76. The number of amides is 1. The monoisotopic (exact) mass is 261 g/mol. The number of rotatable bonds is 3. The lowest BCUT2D eigenvalue weighted by molar-refractivity contribution is -0.148. The quantitative estimate of drug-likeness (QED) is 0.777. The van der Waals surface area contributed by atoms with Crippen LogP contribution in [0.2, 0.25) is 0 Å². The maximum absolute atomic E-state index is 12.2. The zero-order valence-electron chi connectivity index (χ0n) is 11.2. The summed E-state index contributed by atoms with van der Waals surface area (Å²) >= 11 is 0. The molecule has 1 unspecified atom stereocenters. The third-order valence-corrected chi connectivity index (χ3v) is 3.51. The Labute approximate surface area is 113 Å². The Morgan fingerprint density at radius 1 is 1.32 bits per heavy atom. The van der Waals surface area contributed by atoms with Gasteiger partial charge in [0.15, 0.2) is 0 Å². The average molecular weight is 261 g/mol. The number of carbonyl (C=O) groups excluding carboxylic acids is 2. The molecule has 1 amide bonds. The van der Waals surface area contributed by atoms with Gasteiger partial charge in [-0.25, -0.2) is 0 Å². The summed E-state index contributed by atoms with van der Waals surface area (Å²) in [5.74, 6) is -0.296. The molecule has 4 nitrogen and oxygen atoms in total. The van der Waals surface area contributed by atoms with Crippen LogP contribution in [0.4, 0.5) is 0 Å². The van der Waals surface area contributed by atoms with Crippen LogP contribution in [0.5, 0.6) is 0 Å². The largest absolute Gasteiger partial charge is 0.469 e. The molecule has 0 spiro atoms. The number of methoxy groups -OCH3 is 1. The third-order valence-electron chi connectivity index (χ3n) is 3.51. The van der Waals surface area contributed by atoms with E-state index in [1.54, 1.807) is 4.90 Å². The predicted octanol–water partition coefficient (Wildman–Crippen LogP) is 1.64. The van der Waals surface area contributed by atoms with Gasteiger partial charge < -0.3 is 9.64 Å². The van der Waals surface area contributed by atoms with Gasteiger partial charge in [-0.1, -0.05) is 30.3 Å². The summed E-state index contributed by atoms with van der Waals surface area (Å²) in [5, 5.41) is 0. The highest BCUT2D eigenvalue weighted by Crippen LogP contribution is 2.18. The fourth-order valence-corrected chi connectivity index (χ4v) is 2.45. The molecule has 0 N–H and O–H groups in total. The van der Waals surface area contributed by atoms with E-state index in [1.807, 2.05) is 30.3 Å². The van der Waals surface area contributed by atoms with E-state index in [9.17, 15) is 9.59 Å². The number of esters is 1. The van der Waals surface area contributed by atoms with Gasteiger partial charge in [0, 0.05) is 13.1 Å². The predicted molar refractivity (Wildman–Crippen MR) is 71.5 cm³/mol. The second kappa shape index (κ2) is 6.36. The second-order valence-corrected chi connectivity index (χ2v) is 4.86. The van der Waals surface area contributed by atoms with Crippen LogP contribution in [0, 0.1) is 5.92 Å². The first kappa shape index (κ1) is 13.6. The van der Waals surface area contributed by atoms with Crippen molar-refractivity contribution in [3.8, 4) is 0 Å². The van der Waals surface area contributed by atoms with Crippen molar-refractivity contribution in [2.24, 2.45) is 5.92 Å². The van der Waals surface area contributed by atoms with Crippen molar-refractivity contribution in [1.29, 1.82) is 0 Å². The van der Waals surface area contributed by atoms with Crippen LogP contribution in [-0.4, -0.2) is 37.0 Å². The second-order valence-electron chi connectivity index (χ2n) is 4.86. The van der Waals surface area contributed by atoms with Gasteiger partial charge in [0.2, 0.25) is 5.91 Å². The molecule has 0 bridgehead atoms. The Kier molecular flexibility index (Phi) is 4.55. The minimum atomic E-state index is -0.211. The number of likely N-dealkylation sites (tertiary alicyclic amines) is 1. The number of piperidine rings is 1. The molecule has 0 saturated carbocycles. The van der Waals surface area contributed by atoms with Gasteiger partial charge in [-0.2, -0.15) is 0 Å². The van der Waals surface area contributed by atoms with Crippen molar-refractivity contribution >= 4 is 11.9 Å². The molecule has 1 aromatic rings. The van der Waals surface area contributed by atoms with Gasteiger partial charge in [0.25, 0.3) is 0 Å². The fourth-order valence-electron chi connectivity index (χ4n) is 2.45. The van der Waals surface area contributed by atoms with Crippen molar-refractivity contribution in [3.05, 3.63) is 35.9 Å². The Balaban J connectivity index is 1.94. The van der Waals surface area contributed by atoms with Crippen LogP contribution in [0.3, 0.4) is 0 Å². The minimum Gasteiger partial charge on any atom is -0.469 e. The Bertz CT molecular complexity index is 444. The summed E-state index contributed by atoms with van der Waals surface area (Å²) in [6.45, 7) is 1.22. The molecule has 0 radical (unpaired) electrons. The molecule has 2 rings (SSSR count). The van der Waals surface area contributed by atoms with Gasteiger partial charge in [-0.05, 0) is 18.4 Å². The molecule has 0 aliphatic carbocycles. The molecule has 1 heterocycles. The molecule has 1 aliphatic heterocycles. The van der Waals surface area contributed by atoms with Crippen LogP contribution >= 0.6 is 0 Å². The Hall–Kier alpha value is -1.84. The lowest BCUT2D eigenvalue weighted by Gasteiger charge is -2.31. The maximum atomic E-state index is 12.2. The van der Waals surface area contributed by atoms with Crippen LogP contribution in [0.25, 0.3) is 0 Å². The van der Waals surface area contributed by atoms with E-state index in [2.05, 4.69) is 0 Å². The highest BCUT2D eigenvalue weighted by atomic mass is 16.5. The van der Waals surface area contributed by atoms with E-state index >= 15 is 0 Å². The van der Waals surface area contributed by atoms with E-state index in [0.29, 0.717) is 13.0 Å². The van der Waals surface area contributed by atoms with Gasteiger partial charge in [-0.3, -0.25) is 9.59 Å². The minimum absolute atomic E-state index is 0.0832. The number of ether oxygens (including phenoxy) is 1. The standard InChI is InChI=1S/C15H19NO3/c1-19-15(18)13-8-5-9-16(11-13)14(17)10-12-6-3-2-4-7-12/h2-4,6-7,13H,5,8-11H2,1H3. The third kappa shape index (κ3) is 3.56. The van der Waals surface area contributed by atoms with Crippen molar-refractivity contribution < 1.29 is 14.3 Å². The molecule has 102 valence electrons. The normalized spacial score (nSPS) is 19.0. The van der Waals surface area contributed by atoms with E-state index in [4.69, 9.17) is 4.74 Å². The van der Waals surface area contributed by atoms with Crippen molar-refractivity contribution in [2.45, 2.75) is 19.3 Å². The van der Waals surface area contributed by atoms with E-state index in [0.717, 1.165) is 24.9 Å². The van der Waals surface area contributed by atoms with Crippen LogP contribution < -0.4 is 0 Å². The molecule has 19 heavy (non-hydrogen) atoms. The smallest absolute Gasteiger partial charge is 0.310 e. The van der Waals surface area contributed by atoms with E-state index in [1.165, 1.54) is 7.11 Å². The number of nitrogens with zero attached hydrogens (tertiary/aromatic N) is 1. The summed E-state index contributed by atoms with van der Waals surface area (Å²) in [4.78, 5) is 25.5. The highest BCUT2D eigenvalue weighted by molar-refractivity contribution is 5.80. The molecular weight excluding hydrogens is 242 g/mol. The van der Waals surface area contributed by atoms with Crippen molar-refractivity contribution in [3.63, 3.8) is 0 Å². The first-order chi connectivity index (χ1) is 9.20. The summed E-state index contributed by atoms with van der Waals surface area (Å²) in [7, 11) is 1.40. The molecule has 0 aromatic heterocycles. The number of hydrogen-bond donors (Lipinski definition) is 0.